The highest BCUT2D eigenvalue weighted by atomic mass is 32.2. The van der Waals surface area contributed by atoms with Gasteiger partial charge in [-0.2, -0.15) is 0 Å². The summed E-state index contributed by atoms with van der Waals surface area (Å²) in [4.78, 5) is 45.2. The third kappa shape index (κ3) is 4.85. The molecule has 11 heteroatoms. The Kier molecular flexibility index (Phi) is 6.70. The van der Waals surface area contributed by atoms with Crippen molar-refractivity contribution in [3.63, 3.8) is 0 Å². The van der Waals surface area contributed by atoms with Gasteiger partial charge in [-0.3, -0.25) is 9.59 Å². The number of thiophene rings is 1. The van der Waals surface area contributed by atoms with Crippen LogP contribution in [0.2, 0.25) is 0 Å². The van der Waals surface area contributed by atoms with Crippen LogP contribution in [0.5, 0.6) is 0 Å². The number of aryl methyl sites for hydroxylation is 1. The van der Waals surface area contributed by atoms with Gasteiger partial charge in [-0.1, -0.05) is 11.8 Å². The van der Waals surface area contributed by atoms with Crippen LogP contribution in [0.1, 0.15) is 50.9 Å². The fourth-order valence-corrected chi connectivity index (χ4v) is 4.95. The molecule has 0 aromatic carbocycles. The molecular formula is C18H21N5O4S2. The number of anilines is 2. The molecule has 0 unspecified atom stereocenters. The molecule has 0 bridgehead atoms. The number of fused-ring (bicyclic) bond motifs is 1. The van der Waals surface area contributed by atoms with E-state index in [2.05, 4.69) is 15.3 Å². The van der Waals surface area contributed by atoms with E-state index >= 15 is 0 Å². The number of carbonyl (C=O) groups is 3. The summed E-state index contributed by atoms with van der Waals surface area (Å²) in [5.41, 5.74) is 12.8. The number of nitrogens with two attached hydrogens (primary N) is 2. The highest BCUT2D eigenvalue weighted by Gasteiger charge is 2.25. The summed E-state index contributed by atoms with van der Waals surface area (Å²) in [5.74, 6) is -1.44. The number of hydrogen-bond donors (Lipinski definition) is 3. The number of nitrogen functional groups attached to an aromatic ring is 1. The number of nitrogens with one attached hydrogen (secondary N) is 1. The highest BCUT2D eigenvalue weighted by molar-refractivity contribution is 7.99. The molecule has 0 atom stereocenters. The van der Waals surface area contributed by atoms with Gasteiger partial charge in [0.05, 0.1) is 17.9 Å². The first kappa shape index (κ1) is 21.1. The van der Waals surface area contributed by atoms with E-state index in [-0.39, 0.29) is 34.8 Å². The molecule has 0 aliphatic heterocycles. The van der Waals surface area contributed by atoms with Gasteiger partial charge in [-0.25, -0.2) is 14.8 Å². The van der Waals surface area contributed by atoms with Gasteiger partial charge in [0, 0.05) is 11.1 Å². The molecule has 3 rings (SSSR count). The van der Waals surface area contributed by atoms with E-state index in [1.807, 2.05) is 0 Å². The predicted octanol–water partition coefficient (Wildman–Crippen LogP) is 2.01. The molecule has 1 aliphatic carbocycles. The minimum absolute atomic E-state index is 0.0108. The smallest absolute Gasteiger partial charge is 0.343 e. The second-order valence-corrected chi connectivity index (χ2v) is 8.34. The van der Waals surface area contributed by atoms with E-state index in [1.54, 1.807) is 6.92 Å². The lowest BCUT2D eigenvalue weighted by Crippen LogP contribution is -2.19. The van der Waals surface area contributed by atoms with Gasteiger partial charge in [0.15, 0.2) is 5.16 Å². The highest BCUT2D eigenvalue weighted by Crippen LogP contribution is 2.38. The number of carbonyl (C=O) groups excluding carboxylic acids is 3. The van der Waals surface area contributed by atoms with Crippen LogP contribution in [0.3, 0.4) is 0 Å². The number of thioether (sulfide) groups is 1. The van der Waals surface area contributed by atoms with Crippen LogP contribution in [0, 0.1) is 0 Å². The molecule has 0 spiro atoms. The first-order valence-electron chi connectivity index (χ1n) is 9.07. The van der Waals surface area contributed by atoms with Crippen molar-refractivity contribution in [2.75, 3.05) is 23.4 Å². The predicted molar refractivity (Wildman–Crippen MR) is 111 cm³/mol. The number of hydrogen-bond acceptors (Lipinski definition) is 9. The summed E-state index contributed by atoms with van der Waals surface area (Å²) in [6.07, 6.45) is 5.04. The van der Waals surface area contributed by atoms with Gasteiger partial charge in [0.1, 0.15) is 16.4 Å². The lowest BCUT2D eigenvalue weighted by atomic mass is 9.95. The Hall–Kier alpha value is -2.66. The Morgan fingerprint density at radius 2 is 2.07 bits per heavy atom. The molecular weight excluding hydrogens is 414 g/mol. The van der Waals surface area contributed by atoms with E-state index in [0.717, 1.165) is 47.9 Å². The van der Waals surface area contributed by atoms with Gasteiger partial charge in [-0.05, 0) is 38.2 Å². The molecule has 0 fully saturated rings. The average Bonchev–Trinajstić information content (AvgIpc) is 3.04. The summed E-state index contributed by atoms with van der Waals surface area (Å²) in [5, 5.41) is 3.53. The monoisotopic (exact) mass is 435 g/mol. The Bertz CT molecular complexity index is 960. The standard InChI is InChI=1S/C18H21N5O4S2/c1-2-27-17(26)10-7-21-18(23-14(10)19)28-8-12(24)22-16-13(15(20)25)9-5-3-4-6-11(9)29-16/h7H,2-6,8H2,1H3,(H2,20,25)(H,22,24)(H2,19,21,23). The fraction of sp³-hybridized carbons (Fsp3) is 0.389. The second kappa shape index (κ2) is 9.23. The fourth-order valence-electron chi connectivity index (χ4n) is 3.02. The molecule has 0 radical (unpaired) electrons. The molecule has 0 saturated heterocycles. The topological polar surface area (TPSA) is 150 Å². The quantitative estimate of drug-likeness (QED) is 0.339. The zero-order chi connectivity index (χ0) is 21.0. The summed E-state index contributed by atoms with van der Waals surface area (Å²) < 4.78 is 4.87. The number of aromatic nitrogens is 2. The molecule has 29 heavy (non-hydrogen) atoms. The maximum absolute atomic E-state index is 12.4. The SMILES string of the molecule is CCOC(=O)c1cnc(SCC(=O)Nc2sc3c(c2C(N)=O)CCCC3)nc1N. The van der Waals surface area contributed by atoms with Crippen molar-refractivity contribution in [2.24, 2.45) is 5.73 Å². The van der Waals surface area contributed by atoms with Crippen molar-refractivity contribution >= 4 is 51.7 Å². The van der Waals surface area contributed by atoms with Crippen LogP contribution in [-0.2, 0) is 22.4 Å². The summed E-state index contributed by atoms with van der Waals surface area (Å²) in [6.45, 7) is 1.90. The molecule has 154 valence electrons. The van der Waals surface area contributed by atoms with Crippen LogP contribution in [0.4, 0.5) is 10.8 Å². The van der Waals surface area contributed by atoms with E-state index < -0.39 is 11.9 Å². The van der Waals surface area contributed by atoms with Crippen LogP contribution in [-0.4, -0.2) is 40.1 Å². The number of esters is 1. The van der Waals surface area contributed by atoms with E-state index in [0.29, 0.717) is 10.6 Å². The summed E-state index contributed by atoms with van der Waals surface area (Å²) >= 11 is 2.47. The lowest BCUT2D eigenvalue weighted by molar-refractivity contribution is -0.113. The minimum atomic E-state index is -0.597. The van der Waals surface area contributed by atoms with Gasteiger partial charge in [0.25, 0.3) is 5.91 Å². The molecule has 0 saturated carbocycles. The minimum Gasteiger partial charge on any atom is -0.462 e. The van der Waals surface area contributed by atoms with Crippen molar-refractivity contribution in [1.82, 2.24) is 9.97 Å². The molecule has 2 aromatic rings. The largest absolute Gasteiger partial charge is 0.462 e. The summed E-state index contributed by atoms with van der Waals surface area (Å²) in [7, 11) is 0. The maximum atomic E-state index is 12.4. The normalized spacial score (nSPS) is 12.9. The zero-order valence-electron chi connectivity index (χ0n) is 15.8. The maximum Gasteiger partial charge on any atom is 0.343 e. The summed E-state index contributed by atoms with van der Waals surface area (Å²) in [6, 6.07) is 0. The first-order valence-corrected chi connectivity index (χ1v) is 10.9. The van der Waals surface area contributed by atoms with Crippen molar-refractivity contribution in [1.29, 1.82) is 0 Å². The van der Waals surface area contributed by atoms with Gasteiger partial charge in [0.2, 0.25) is 5.91 Å². The number of amides is 2. The van der Waals surface area contributed by atoms with Gasteiger partial charge < -0.3 is 21.5 Å². The average molecular weight is 436 g/mol. The third-order valence-corrected chi connectivity index (χ3v) is 6.36. The van der Waals surface area contributed by atoms with Crippen molar-refractivity contribution in [3.8, 4) is 0 Å². The second-order valence-electron chi connectivity index (χ2n) is 6.29. The number of ether oxygens (including phenoxy) is 1. The molecule has 2 aromatic heterocycles. The van der Waals surface area contributed by atoms with Crippen LogP contribution in [0.15, 0.2) is 11.4 Å². The number of primary amides is 1. The van der Waals surface area contributed by atoms with Crippen molar-refractivity contribution < 1.29 is 19.1 Å². The number of rotatable bonds is 7. The van der Waals surface area contributed by atoms with Crippen LogP contribution >= 0.6 is 23.1 Å². The van der Waals surface area contributed by atoms with Crippen molar-refractivity contribution in [3.05, 3.63) is 27.8 Å². The molecule has 2 heterocycles. The molecule has 2 amide bonds. The zero-order valence-corrected chi connectivity index (χ0v) is 17.5. The van der Waals surface area contributed by atoms with E-state index in [4.69, 9.17) is 16.2 Å². The van der Waals surface area contributed by atoms with Crippen LogP contribution < -0.4 is 16.8 Å². The molecule has 5 N–H and O–H groups in total. The molecule has 1 aliphatic rings. The van der Waals surface area contributed by atoms with Crippen LogP contribution in [0.25, 0.3) is 0 Å². The Morgan fingerprint density at radius 1 is 1.31 bits per heavy atom. The first-order chi connectivity index (χ1) is 13.9. The lowest BCUT2D eigenvalue weighted by Gasteiger charge is -2.11. The third-order valence-electron chi connectivity index (χ3n) is 4.29. The van der Waals surface area contributed by atoms with Crippen molar-refractivity contribution in [2.45, 2.75) is 37.8 Å². The molecule has 9 nitrogen and oxygen atoms in total. The van der Waals surface area contributed by atoms with E-state index in [1.165, 1.54) is 17.5 Å². The number of nitrogens with zero attached hydrogens (tertiary/aromatic N) is 2. The van der Waals surface area contributed by atoms with E-state index in [9.17, 15) is 14.4 Å². The Morgan fingerprint density at radius 3 is 2.76 bits per heavy atom. The van der Waals surface area contributed by atoms with Gasteiger partial charge >= 0.3 is 5.97 Å². The Balaban J connectivity index is 1.65. The van der Waals surface area contributed by atoms with Gasteiger partial charge in [-0.15, -0.1) is 11.3 Å². The Labute approximate surface area is 175 Å².